The summed E-state index contributed by atoms with van der Waals surface area (Å²) in [5, 5.41) is 0.713. The predicted octanol–water partition coefficient (Wildman–Crippen LogP) is 6.32. The molecule has 5 heteroatoms. The van der Waals surface area contributed by atoms with E-state index in [1.54, 1.807) is 6.21 Å². The van der Waals surface area contributed by atoms with Crippen LogP contribution in [0.2, 0.25) is 5.02 Å². The zero-order chi connectivity index (χ0) is 15.4. The molecule has 0 N–H and O–H groups in total. The summed E-state index contributed by atoms with van der Waals surface area (Å²) in [4.78, 5) is 4.53. The van der Waals surface area contributed by atoms with Crippen LogP contribution in [0.25, 0.3) is 0 Å². The smallest absolute Gasteiger partial charge is 0.142 e. The Bertz CT molecular complexity index is 686. The van der Waals surface area contributed by atoms with Crippen molar-refractivity contribution in [3.8, 4) is 5.75 Å². The molecule has 0 saturated carbocycles. The number of aliphatic imine (C=N–C) groups is 1. The minimum atomic E-state index is 0.595. The first-order valence-electron chi connectivity index (χ1n) is 6.44. The average Bonchev–Trinajstić information content (AvgIpc) is 2.44. The van der Waals surface area contributed by atoms with E-state index in [0.717, 1.165) is 31.5 Å². The van der Waals surface area contributed by atoms with Gasteiger partial charge in [-0.25, -0.2) is 0 Å². The summed E-state index contributed by atoms with van der Waals surface area (Å²) in [5.41, 5.74) is 2.71. The standard InChI is InChI=1S/C16H14Br2ClNO/c1-3-21-16-11(7-12(17)8-13(16)18)9-20-15-6-4-5-14(19)10(15)2/h4-9H,3H2,1-2H3. The Morgan fingerprint density at radius 3 is 2.76 bits per heavy atom. The van der Waals surface area contributed by atoms with Crippen LogP contribution < -0.4 is 4.74 Å². The molecule has 0 aliphatic rings. The highest BCUT2D eigenvalue weighted by atomic mass is 79.9. The van der Waals surface area contributed by atoms with Crippen molar-refractivity contribution < 1.29 is 4.74 Å². The van der Waals surface area contributed by atoms with Crippen LogP contribution in [0, 0.1) is 6.92 Å². The Hall–Kier alpha value is -0.840. The molecular formula is C16H14Br2ClNO. The monoisotopic (exact) mass is 429 g/mol. The van der Waals surface area contributed by atoms with Crippen molar-refractivity contribution in [1.82, 2.24) is 0 Å². The molecule has 2 aromatic carbocycles. The molecule has 110 valence electrons. The third-order valence-electron chi connectivity index (χ3n) is 2.91. The van der Waals surface area contributed by atoms with Crippen LogP contribution in [-0.4, -0.2) is 12.8 Å². The first kappa shape index (κ1) is 16.5. The maximum atomic E-state index is 6.11. The summed E-state index contributed by atoms with van der Waals surface area (Å²) in [5.74, 6) is 0.782. The molecule has 2 aromatic rings. The van der Waals surface area contributed by atoms with E-state index >= 15 is 0 Å². The SMILES string of the molecule is CCOc1c(Br)cc(Br)cc1C=Nc1cccc(Cl)c1C. The molecule has 2 nitrogen and oxygen atoms in total. The topological polar surface area (TPSA) is 21.6 Å². The molecular weight excluding hydrogens is 417 g/mol. The van der Waals surface area contributed by atoms with Crippen LogP contribution in [-0.2, 0) is 0 Å². The molecule has 0 amide bonds. The second-order valence-corrected chi connectivity index (χ2v) is 6.56. The zero-order valence-electron chi connectivity index (χ0n) is 11.7. The number of hydrogen-bond donors (Lipinski definition) is 0. The van der Waals surface area contributed by atoms with Crippen molar-refractivity contribution in [2.24, 2.45) is 4.99 Å². The number of nitrogens with zero attached hydrogens (tertiary/aromatic N) is 1. The molecule has 0 aliphatic carbocycles. The van der Waals surface area contributed by atoms with Gasteiger partial charge < -0.3 is 4.74 Å². The van der Waals surface area contributed by atoms with Gasteiger partial charge in [-0.05, 0) is 59.6 Å². The van der Waals surface area contributed by atoms with Crippen molar-refractivity contribution >= 4 is 55.4 Å². The molecule has 2 rings (SSSR count). The van der Waals surface area contributed by atoms with Gasteiger partial charge in [0, 0.05) is 21.3 Å². The van der Waals surface area contributed by atoms with Gasteiger partial charge in [0.25, 0.3) is 0 Å². The Kier molecular flexibility index (Phi) is 5.85. The van der Waals surface area contributed by atoms with Gasteiger partial charge in [0.1, 0.15) is 5.75 Å². The molecule has 21 heavy (non-hydrogen) atoms. The Morgan fingerprint density at radius 2 is 2.05 bits per heavy atom. The molecule has 0 aliphatic heterocycles. The van der Waals surface area contributed by atoms with Gasteiger partial charge in [-0.3, -0.25) is 4.99 Å². The highest BCUT2D eigenvalue weighted by molar-refractivity contribution is 9.11. The van der Waals surface area contributed by atoms with E-state index in [9.17, 15) is 0 Å². The quantitative estimate of drug-likeness (QED) is 0.519. The third kappa shape index (κ3) is 4.09. The summed E-state index contributed by atoms with van der Waals surface area (Å²) >= 11 is 13.1. The lowest BCUT2D eigenvalue weighted by molar-refractivity contribution is 0.337. The molecule has 0 unspecified atom stereocenters. The second-order valence-electron chi connectivity index (χ2n) is 4.38. The maximum absolute atomic E-state index is 6.11. The van der Waals surface area contributed by atoms with Crippen molar-refractivity contribution in [3.63, 3.8) is 0 Å². The summed E-state index contributed by atoms with van der Waals surface area (Å²) < 4.78 is 7.53. The second kappa shape index (κ2) is 7.43. The fraction of sp³-hybridized carbons (Fsp3) is 0.188. The largest absolute Gasteiger partial charge is 0.492 e. The summed E-state index contributed by atoms with van der Waals surface area (Å²) in [6, 6.07) is 9.61. The normalized spacial score (nSPS) is 11.1. The van der Waals surface area contributed by atoms with Crippen molar-refractivity contribution in [3.05, 3.63) is 55.4 Å². The zero-order valence-corrected chi connectivity index (χ0v) is 15.6. The summed E-state index contributed by atoms with van der Waals surface area (Å²) in [7, 11) is 0. The van der Waals surface area contributed by atoms with E-state index in [4.69, 9.17) is 16.3 Å². The van der Waals surface area contributed by atoms with E-state index in [2.05, 4.69) is 36.9 Å². The Balaban J connectivity index is 2.42. The fourth-order valence-electron chi connectivity index (χ4n) is 1.85. The van der Waals surface area contributed by atoms with E-state index in [0.29, 0.717) is 11.6 Å². The van der Waals surface area contributed by atoms with Gasteiger partial charge in [0.15, 0.2) is 0 Å². The molecule has 0 heterocycles. The molecule has 0 spiro atoms. The molecule has 0 fully saturated rings. The predicted molar refractivity (Wildman–Crippen MR) is 96.5 cm³/mol. The number of hydrogen-bond acceptors (Lipinski definition) is 2. The highest BCUT2D eigenvalue weighted by Crippen LogP contribution is 2.33. The first-order chi connectivity index (χ1) is 10.0. The van der Waals surface area contributed by atoms with Gasteiger partial charge in [-0.15, -0.1) is 0 Å². The number of ether oxygens (including phenoxy) is 1. The molecule has 0 aromatic heterocycles. The molecule has 0 saturated heterocycles. The lowest BCUT2D eigenvalue weighted by Gasteiger charge is -2.10. The van der Waals surface area contributed by atoms with Crippen LogP contribution in [0.4, 0.5) is 5.69 Å². The van der Waals surface area contributed by atoms with Crippen LogP contribution >= 0.6 is 43.5 Å². The lowest BCUT2D eigenvalue weighted by Crippen LogP contribution is -1.97. The summed E-state index contributed by atoms with van der Waals surface area (Å²) in [6.07, 6.45) is 1.79. The van der Waals surface area contributed by atoms with E-state index in [1.165, 1.54) is 0 Å². The molecule has 0 bridgehead atoms. The van der Waals surface area contributed by atoms with Gasteiger partial charge in [0.05, 0.1) is 16.8 Å². The number of halogens is 3. The number of benzene rings is 2. The van der Waals surface area contributed by atoms with Crippen molar-refractivity contribution in [2.75, 3.05) is 6.61 Å². The van der Waals surface area contributed by atoms with Gasteiger partial charge >= 0.3 is 0 Å². The van der Waals surface area contributed by atoms with Crippen LogP contribution in [0.1, 0.15) is 18.1 Å². The van der Waals surface area contributed by atoms with Crippen molar-refractivity contribution in [1.29, 1.82) is 0 Å². The molecule has 0 radical (unpaired) electrons. The first-order valence-corrected chi connectivity index (χ1v) is 8.40. The third-order valence-corrected chi connectivity index (χ3v) is 4.36. The minimum Gasteiger partial charge on any atom is -0.492 e. The van der Waals surface area contributed by atoms with Gasteiger partial charge in [-0.2, -0.15) is 0 Å². The minimum absolute atomic E-state index is 0.595. The summed E-state index contributed by atoms with van der Waals surface area (Å²) in [6.45, 7) is 4.50. The van der Waals surface area contributed by atoms with E-state index < -0.39 is 0 Å². The van der Waals surface area contributed by atoms with E-state index in [1.807, 2.05) is 44.2 Å². The van der Waals surface area contributed by atoms with Crippen molar-refractivity contribution in [2.45, 2.75) is 13.8 Å². The van der Waals surface area contributed by atoms with Crippen LogP contribution in [0.3, 0.4) is 0 Å². The lowest BCUT2D eigenvalue weighted by atomic mass is 10.2. The van der Waals surface area contributed by atoms with E-state index in [-0.39, 0.29) is 0 Å². The number of rotatable bonds is 4. The average molecular weight is 432 g/mol. The Morgan fingerprint density at radius 1 is 1.29 bits per heavy atom. The highest BCUT2D eigenvalue weighted by Gasteiger charge is 2.08. The van der Waals surface area contributed by atoms with Gasteiger partial charge in [0.2, 0.25) is 0 Å². The van der Waals surface area contributed by atoms with Crippen LogP contribution in [0.5, 0.6) is 5.75 Å². The van der Waals surface area contributed by atoms with Gasteiger partial charge in [-0.1, -0.05) is 33.6 Å². The molecule has 0 atom stereocenters. The van der Waals surface area contributed by atoms with Crippen LogP contribution in [0.15, 0.2) is 44.3 Å². The maximum Gasteiger partial charge on any atom is 0.142 e. The Labute approximate surface area is 146 Å². The fourth-order valence-corrected chi connectivity index (χ4v) is 3.39.